The molecule has 1 aromatic carbocycles. The topological polar surface area (TPSA) is 69.9 Å². The lowest BCUT2D eigenvalue weighted by Gasteiger charge is -2.35. The van der Waals surface area contributed by atoms with E-state index in [0.717, 1.165) is 15.2 Å². The number of thiazole rings is 1. The standard InChI is InChI=1S/C21H24N4O3S/c1-15(20-22-16-6-3-4-8-18(16)29-20)23(2)19(26)14-24-9-11-25(12-10-24)21(27)17-7-5-13-28-17/h3-8,13,15H,9-12,14H2,1-2H3/t15-/m0/s1. The van der Waals surface area contributed by atoms with Gasteiger partial charge in [-0.15, -0.1) is 11.3 Å². The molecule has 1 fully saturated rings. The Bertz CT molecular complexity index is 959. The van der Waals surface area contributed by atoms with Crippen molar-refractivity contribution < 1.29 is 14.0 Å². The predicted molar refractivity (Wildman–Crippen MR) is 112 cm³/mol. The van der Waals surface area contributed by atoms with Crippen LogP contribution in [0.1, 0.15) is 28.5 Å². The zero-order valence-corrected chi connectivity index (χ0v) is 17.4. The number of carbonyl (C=O) groups excluding carboxylic acids is 2. The second-order valence-electron chi connectivity index (χ2n) is 7.25. The summed E-state index contributed by atoms with van der Waals surface area (Å²) in [5.74, 6) is 0.323. The third kappa shape index (κ3) is 4.18. The van der Waals surface area contributed by atoms with Crippen LogP contribution in [0.4, 0.5) is 0 Å². The molecule has 7 nitrogen and oxygen atoms in total. The molecule has 1 aliphatic rings. The summed E-state index contributed by atoms with van der Waals surface area (Å²) < 4.78 is 6.32. The van der Waals surface area contributed by atoms with Crippen molar-refractivity contribution in [2.24, 2.45) is 0 Å². The van der Waals surface area contributed by atoms with Crippen LogP contribution in [0.25, 0.3) is 10.2 Å². The Morgan fingerprint density at radius 3 is 2.62 bits per heavy atom. The number of carbonyl (C=O) groups is 2. The van der Waals surface area contributed by atoms with Gasteiger partial charge in [-0.3, -0.25) is 14.5 Å². The molecule has 4 rings (SSSR count). The summed E-state index contributed by atoms with van der Waals surface area (Å²) >= 11 is 1.63. The first-order valence-corrected chi connectivity index (χ1v) is 10.5. The number of fused-ring (bicyclic) bond motifs is 1. The lowest BCUT2D eigenvalue weighted by Crippen LogP contribution is -2.51. The Morgan fingerprint density at radius 2 is 1.93 bits per heavy atom. The summed E-state index contributed by atoms with van der Waals surface area (Å²) in [7, 11) is 1.83. The number of hydrogen-bond donors (Lipinski definition) is 0. The van der Waals surface area contributed by atoms with Gasteiger partial charge in [0.05, 0.1) is 29.1 Å². The molecule has 2 aromatic heterocycles. The molecule has 3 aromatic rings. The van der Waals surface area contributed by atoms with E-state index in [9.17, 15) is 9.59 Å². The van der Waals surface area contributed by atoms with Crippen molar-refractivity contribution in [3.8, 4) is 0 Å². The normalized spacial score (nSPS) is 16.1. The minimum absolute atomic E-state index is 0.0579. The molecule has 2 amide bonds. The van der Waals surface area contributed by atoms with E-state index in [1.165, 1.54) is 6.26 Å². The molecule has 0 saturated carbocycles. The highest BCUT2D eigenvalue weighted by atomic mass is 32.1. The number of hydrogen-bond acceptors (Lipinski definition) is 6. The van der Waals surface area contributed by atoms with Gasteiger partial charge in [-0.1, -0.05) is 12.1 Å². The van der Waals surface area contributed by atoms with Crippen LogP contribution >= 0.6 is 11.3 Å². The van der Waals surface area contributed by atoms with Gasteiger partial charge in [0.25, 0.3) is 5.91 Å². The first-order valence-electron chi connectivity index (χ1n) is 9.69. The van der Waals surface area contributed by atoms with E-state index in [2.05, 4.69) is 16.0 Å². The molecule has 1 aliphatic heterocycles. The highest BCUT2D eigenvalue weighted by Crippen LogP contribution is 2.28. The van der Waals surface area contributed by atoms with Gasteiger partial charge in [0, 0.05) is 33.2 Å². The van der Waals surface area contributed by atoms with E-state index in [1.807, 2.05) is 32.2 Å². The number of piperazine rings is 1. The summed E-state index contributed by atoms with van der Waals surface area (Å²) in [4.78, 5) is 35.5. The monoisotopic (exact) mass is 412 g/mol. The van der Waals surface area contributed by atoms with E-state index >= 15 is 0 Å². The van der Waals surface area contributed by atoms with Crippen LogP contribution in [0.3, 0.4) is 0 Å². The van der Waals surface area contributed by atoms with Gasteiger partial charge in [0.1, 0.15) is 5.01 Å². The molecule has 8 heteroatoms. The minimum Gasteiger partial charge on any atom is -0.459 e. The van der Waals surface area contributed by atoms with Gasteiger partial charge in [0.15, 0.2) is 5.76 Å². The summed E-state index contributed by atoms with van der Waals surface area (Å²) in [6, 6.07) is 11.3. The number of para-hydroxylation sites is 1. The van der Waals surface area contributed by atoms with Gasteiger partial charge in [0.2, 0.25) is 5.91 Å². The van der Waals surface area contributed by atoms with E-state index in [1.54, 1.807) is 33.3 Å². The van der Waals surface area contributed by atoms with Crippen molar-refractivity contribution in [2.45, 2.75) is 13.0 Å². The smallest absolute Gasteiger partial charge is 0.289 e. The molecule has 0 radical (unpaired) electrons. The molecule has 0 N–H and O–H groups in total. The Balaban J connectivity index is 1.31. The molecule has 3 heterocycles. The zero-order valence-electron chi connectivity index (χ0n) is 16.6. The first kappa shape index (κ1) is 19.6. The molecule has 0 bridgehead atoms. The molecular weight excluding hydrogens is 388 g/mol. The van der Waals surface area contributed by atoms with Crippen LogP contribution in [0.2, 0.25) is 0 Å². The van der Waals surface area contributed by atoms with Crippen molar-refractivity contribution in [3.05, 3.63) is 53.4 Å². The first-order chi connectivity index (χ1) is 14.0. The highest BCUT2D eigenvalue weighted by molar-refractivity contribution is 7.18. The summed E-state index contributed by atoms with van der Waals surface area (Å²) in [5, 5.41) is 0.941. The van der Waals surface area contributed by atoms with Gasteiger partial charge in [-0.05, 0) is 31.2 Å². The predicted octanol–water partition coefficient (Wildman–Crippen LogP) is 2.87. The maximum Gasteiger partial charge on any atom is 0.289 e. The van der Waals surface area contributed by atoms with Gasteiger partial charge < -0.3 is 14.2 Å². The Kier molecular flexibility index (Phi) is 5.64. The molecule has 29 heavy (non-hydrogen) atoms. The number of amides is 2. The fourth-order valence-electron chi connectivity index (χ4n) is 3.42. The average Bonchev–Trinajstić information content (AvgIpc) is 3.42. The Hall–Kier alpha value is -2.71. The Morgan fingerprint density at radius 1 is 1.17 bits per heavy atom. The van der Waals surface area contributed by atoms with E-state index in [4.69, 9.17) is 4.42 Å². The number of benzene rings is 1. The minimum atomic E-state index is -0.0949. The lowest BCUT2D eigenvalue weighted by atomic mass is 10.2. The molecule has 1 atom stereocenters. The number of nitrogens with zero attached hydrogens (tertiary/aromatic N) is 4. The third-order valence-corrected chi connectivity index (χ3v) is 6.60. The molecule has 1 saturated heterocycles. The van der Waals surface area contributed by atoms with Crippen LogP contribution in [0, 0.1) is 0 Å². The van der Waals surface area contributed by atoms with Crippen molar-refractivity contribution in [1.29, 1.82) is 0 Å². The van der Waals surface area contributed by atoms with Crippen LogP contribution in [-0.4, -0.2) is 71.3 Å². The number of aromatic nitrogens is 1. The maximum absolute atomic E-state index is 12.8. The highest BCUT2D eigenvalue weighted by Gasteiger charge is 2.27. The van der Waals surface area contributed by atoms with Gasteiger partial charge >= 0.3 is 0 Å². The third-order valence-electron chi connectivity index (χ3n) is 5.39. The quantitative estimate of drug-likeness (QED) is 0.645. The summed E-state index contributed by atoms with van der Waals surface area (Å²) in [6.45, 7) is 4.86. The van der Waals surface area contributed by atoms with E-state index in [0.29, 0.717) is 38.5 Å². The molecule has 0 aliphatic carbocycles. The van der Waals surface area contributed by atoms with Gasteiger partial charge in [-0.25, -0.2) is 4.98 Å². The number of furan rings is 1. The van der Waals surface area contributed by atoms with Crippen molar-refractivity contribution in [2.75, 3.05) is 39.8 Å². The number of likely N-dealkylation sites (N-methyl/N-ethyl adjacent to an activating group) is 1. The zero-order chi connectivity index (χ0) is 20.4. The Labute approximate surface area is 173 Å². The SMILES string of the molecule is C[C@@H](c1nc2ccccc2s1)N(C)C(=O)CN1CCN(C(=O)c2ccco2)CC1. The van der Waals surface area contributed by atoms with Crippen LogP contribution in [0.5, 0.6) is 0 Å². The van der Waals surface area contributed by atoms with E-state index in [-0.39, 0.29) is 17.9 Å². The maximum atomic E-state index is 12.8. The molecule has 0 unspecified atom stereocenters. The molecule has 152 valence electrons. The summed E-state index contributed by atoms with van der Waals surface area (Å²) in [6.07, 6.45) is 1.50. The largest absolute Gasteiger partial charge is 0.459 e. The van der Waals surface area contributed by atoms with Crippen molar-refractivity contribution in [1.82, 2.24) is 19.7 Å². The fourth-order valence-corrected chi connectivity index (χ4v) is 4.48. The lowest BCUT2D eigenvalue weighted by molar-refractivity contribution is -0.133. The average molecular weight is 413 g/mol. The van der Waals surface area contributed by atoms with Crippen molar-refractivity contribution >= 4 is 33.4 Å². The molecule has 0 spiro atoms. The van der Waals surface area contributed by atoms with Gasteiger partial charge in [-0.2, -0.15) is 0 Å². The fraction of sp³-hybridized carbons (Fsp3) is 0.381. The number of rotatable bonds is 5. The van der Waals surface area contributed by atoms with E-state index < -0.39 is 0 Å². The second-order valence-corrected chi connectivity index (χ2v) is 8.31. The molecular formula is C21H24N4O3S. The summed E-state index contributed by atoms with van der Waals surface area (Å²) in [5.41, 5.74) is 0.970. The van der Waals surface area contributed by atoms with Crippen LogP contribution in [0.15, 0.2) is 47.1 Å². The van der Waals surface area contributed by atoms with Crippen LogP contribution < -0.4 is 0 Å². The van der Waals surface area contributed by atoms with Crippen molar-refractivity contribution in [3.63, 3.8) is 0 Å². The van der Waals surface area contributed by atoms with Crippen LogP contribution in [-0.2, 0) is 4.79 Å². The second kappa shape index (κ2) is 8.34.